The Bertz CT molecular complexity index is 896. The lowest BCUT2D eigenvalue weighted by Crippen LogP contribution is -2.06. The number of benzene rings is 2. The molecule has 2 aromatic carbocycles. The molecule has 1 heterocycles. The fourth-order valence-corrected chi connectivity index (χ4v) is 2.61. The molecular weight excluding hydrogens is 312 g/mol. The number of carbonyl (C=O) groups excluding carboxylic acids is 1. The highest BCUT2D eigenvalue weighted by molar-refractivity contribution is 5.86. The summed E-state index contributed by atoms with van der Waals surface area (Å²) in [5.74, 6) is 0.417. The lowest BCUT2D eigenvalue weighted by Gasteiger charge is -2.10. The van der Waals surface area contributed by atoms with Crippen molar-refractivity contribution in [1.29, 1.82) is 0 Å². The van der Waals surface area contributed by atoms with E-state index in [-0.39, 0.29) is 6.61 Å². The van der Waals surface area contributed by atoms with Crippen molar-refractivity contribution < 1.29 is 9.53 Å². The van der Waals surface area contributed by atoms with Gasteiger partial charge in [0.05, 0.1) is 5.69 Å². The minimum atomic E-state index is -0.407. The topological polar surface area (TPSA) is 44.1 Å². The second kappa shape index (κ2) is 7.18. The number of esters is 1. The van der Waals surface area contributed by atoms with Gasteiger partial charge < -0.3 is 4.74 Å². The summed E-state index contributed by atoms with van der Waals surface area (Å²) in [5.41, 5.74) is 4.08. The van der Waals surface area contributed by atoms with Crippen molar-refractivity contribution in [3.8, 4) is 17.1 Å². The van der Waals surface area contributed by atoms with Gasteiger partial charge >= 0.3 is 5.97 Å². The predicted molar refractivity (Wildman–Crippen MR) is 98.3 cm³/mol. The first-order valence-corrected chi connectivity index (χ1v) is 8.09. The molecule has 0 saturated carbocycles. The van der Waals surface area contributed by atoms with Crippen LogP contribution in [0.5, 0.6) is 0 Å². The Hall–Kier alpha value is -3.14. The highest BCUT2D eigenvalue weighted by Crippen LogP contribution is 2.26. The van der Waals surface area contributed by atoms with Gasteiger partial charge in [0.2, 0.25) is 0 Å². The number of ether oxygens (including phenoxy) is 1. The normalized spacial score (nSPS) is 10.5. The highest BCUT2D eigenvalue weighted by Gasteiger charge is 2.17. The van der Waals surface area contributed by atoms with Gasteiger partial charge in [0, 0.05) is 22.5 Å². The van der Waals surface area contributed by atoms with E-state index in [4.69, 9.17) is 9.72 Å². The maximum Gasteiger partial charge on any atom is 0.333 e. The Labute approximate surface area is 147 Å². The molecule has 3 aromatic rings. The Morgan fingerprint density at radius 3 is 2.28 bits per heavy atom. The number of imidazole rings is 1. The van der Waals surface area contributed by atoms with E-state index in [1.165, 1.54) is 0 Å². The van der Waals surface area contributed by atoms with Gasteiger partial charge in [0.25, 0.3) is 0 Å². The SMILES string of the molecule is C=C(C)C(=O)OCc1nc(-c2ccccc2)n(-c2ccccc2)c1C. The smallest absolute Gasteiger partial charge is 0.333 e. The van der Waals surface area contributed by atoms with E-state index in [9.17, 15) is 4.79 Å². The first kappa shape index (κ1) is 16.7. The van der Waals surface area contributed by atoms with Crippen LogP contribution in [0.3, 0.4) is 0 Å². The molecular formula is C21H20N2O2. The Morgan fingerprint density at radius 2 is 1.68 bits per heavy atom. The number of nitrogens with zero attached hydrogens (tertiary/aromatic N) is 2. The first-order valence-electron chi connectivity index (χ1n) is 8.09. The molecule has 0 saturated heterocycles. The van der Waals surface area contributed by atoms with Crippen LogP contribution in [0, 0.1) is 6.92 Å². The van der Waals surface area contributed by atoms with Gasteiger partial charge in [-0.1, -0.05) is 55.1 Å². The molecule has 0 fully saturated rings. The summed E-state index contributed by atoms with van der Waals surface area (Å²) >= 11 is 0. The summed E-state index contributed by atoms with van der Waals surface area (Å²) in [7, 11) is 0. The average molecular weight is 332 g/mol. The molecule has 0 spiro atoms. The predicted octanol–water partition coefficient (Wildman–Crippen LogP) is 4.47. The zero-order chi connectivity index (χ0) is 17.8. The van der Waals surface area contributed by atoms with Crippen LogP contribution >= 0.6 is 0 Å². The summed E-state index contributed by atoms with van der Waals surface area (Å²) in [6.07, 6.45) is 0. The zero-order valence-corrected chi connectivity index (χ0v) is 14.4. The number of para-hydroxylation sites is 1. The Morgan fingerprint density at radius 1 is 1.08 bits per heavy atom. The van der Waals surface area contributed by atoms with Crippen LogP contribution in [0.15, 0.2) is 72.8 Å². The number of carbonyl (C=O) groups is 1. The van der Waals surface area contributed by atoms with Crippen LogP contribution in [0.25, 0.3) is 17.1 Å². The maximum atomic E-state index is 11.7. The monoisotopic (exact) mass is 332 g/mol. The number of rotatable bonds is 5. The van der Waals surface area contributed by atoms with Crippen LogP contribution in [-0.4, -0.2) is 15.5 Å². The lowest BCUT2D eigenvalue weighted by molar-refractivity contribution is -0.140. The van der Waals surface area contributed by atoms with Gasteiger partial charge in [-0.25, -0.2) is 9.78 Å². The summed E-state index contributed by atoms with van der Waals surface area (Å²) in [5, 5.41) is 0. The molecule has 25 heavy (non-hydrogen) atoms. The third kappa shape index (κ3) is 3.53. The van der Waals surface area contributed by atoms with Gasteiger partial charge in [-0.2, -0.15) is 0 Å². The van der Waals surface area contributed by atoms with Crippen molar-refractivity contribution in [3.05, 3.63) is 84.2 Å². The number of aromatic nitrogens is 2. The third-order valence-electron chi connectivity index (χ3n) is 3.94. The summed E-state index contributed by atoms with van der Waals surface area (Å²) < 4.78 is 7.38. The number of hydrogen-bond donors (Lipinski definition) is 0. The summed E-state index contributed by atoms with van der Waals surface area (Å²) in [6, 6.07) is 20.0. The standard InChI is InChI=1S/C21H20N2O2/c1-15(2)21(24)25-14-19-16(3)23(18-12-8-5-9-13-18)20(22-19)17-10-6-4-7-11-17/h4-13H,1,14H2,2-3H3. The molecule has 0 amide bonds. The second-order valence-electron chi connectivity index (χ2n) is 5.86. The molecule has 126 valence electrons. The Balaban J connectivity index is 2.06. The summed E-state index contributed by atoms with van der Waals surface area (Å²) in [6.45, 7) is 7.34. The molecule has 0 aliphatic rings. The van der Waals surface area contributed by atoms with Crippen molar-refractivity contribution >= 4 is 5.97 Å². The van der Waals surface area contributed by atoms with E-state index >= 15 is 0 Å². The van der Waals surface area contributed by atoms with Crippen LogP contribution in [0.2, 0.25) is 0 Å². The largest absolute Gasteiger partial charge is 0.456 e. The van der Waals surface area contributed by atoms with Crippen molar-refractivity contribution in [3.63, 3.8) is 0 Å². The van der Waals surface area contributed by atoms with Crippen LogP contribution in [-0.2, 0) is 16.1 Å². The van der Waals surface area contributed by atoms with Gasteiger partial charge in [-0.3, -0.25) is 4.57 Å². The van der Waals surface area contributed by atoms with Crippen molar-refractivity contribution in [1.82, 2.24) is 9.55 Å². The molecule has 3 rings (SSSR count). The van der Waals surface area contributed by atoms with Gasteiger partial charge in [0.15, 0.2) is 0 Å². The zero-order valence-electron chi connectivity index (χ0n) is 14.4. The van der Waals surface area contributed by atoms with Crippen molar-refractivity contribution in [2.75, 3.05) is 0 Å². The fraction of sp³-hybridized carbons (Fsp3) is 0.143. The molecule has 0 aliphatic carbocycles. The van der Waals surface area contributed by atoms with Crippen molar-refractivity contribution in [2.45, 2.75) is 20.5 Å². The third-order valence-corrected chi connectivity index (χ3v) is 3.94. The maximum absolute atomic E-state index is 11.7. The molecule has 0 radical (unpaired) electrons. The lowest BCUT2D eigenvalue weighted by atomic mass is 10.2. The van der Waals surface area contributed by atoms with Gasteiger partial charge in [0.1, 0.15) is 12.4 Å². The Kier molecular flexibility index (Phi) is 4.80. The molecule has 1 aromatic heterocycles. The molecule has 0 bridgehead atoms. The minimum absolute atomic E-state index is 0.122. The molecule has 0 N–H and O–H groups in total. The van der Waals surface area contributed by atoms with Crippen LogP contribution < -0.4 is 0 Å². The van der Waals surface area contributed by atoms with E-state index in [0.29, 0.717) is 5.57 Å². The van der Waals surface area contributed by atoms with Crippen molar-refractivity contribution in [2.24, 2.45) is 0 Å². The second-order valence-corrected chi connectivity index (χ2v) is 5.86. The fourth-order valence-electron chi connectivity index (χ4n) is 2.61. The highest BCUT2D eigenvalue weighted by atomic mass is 16.5. The number of hydrogen-bond acceptors (Lipinski definition) is 3. The molecule has 0 unspecified atom stereocenters. The first-order chi connectivity index (χ1) is 12.1. The minimum Gasteiger partial charge on any atom is -0.456 e. The van der Waals surface area contributed by atoms with Crippen LogP contribution in [0.4, 0.5) is 0 Å². The van der Waals surface area contributed by atoms with Gasteiger partial charge in [-0.15, -0.1) is 0 Å². The van der Waals surface area contributed by atoms with E-state index in [1.807, 2.05) is 67.6 Å². The van der Waals surface area contributed by atoms with E-state index < -0.39 is 5.97 Å². The van der Waals surface area contributed by atoms with Crippen LogP contribution in [0.1, 0.15) is 18.3 Å². The van der Waals surface area contributed by atoms with E-state index in [1.54, 1.807) is 6.92 Å². The molecule has 4 nitrogen and oxygen atoms in total. The van der Waals surface area contributed by atoms with Gasteiger partial charge in [-0.05, 0) is 26.0 Å². The average Bonchev–Trinajstić information content (AvgIpc) is 2.97. The summed E-state index contributed by atoms with van der Waals surface area (Å²) in [4.78, 5) is 16.4. The molecule has 4 heteroatoms. The molecule has 0 aliphatic heterocycles. The quantitative estimate of drug-likeness (QED) is 0.511. The van der Waals surface area contributed by atoms with E-state index in [0.717, 1.165) is 28.5 Å². The van der Waals surface area contributed by atoms with E-state index in [2.05, 4.69) is 11.1 Å². The molecule has 0 atom stereocenters.